The fourth-order valence-corrected chi connectivity index (χ4v) is 2.53. The summed E-state index contributed by atoms with van der Waals surface area (Å²) in [7, 11) is 0. The number of hydrogen-bond acceptors (Lipinski definition) is 4. The van der Waals surface area contributed by atoms with Crippen molar-refractivity contribution in [3.05, 3.63) is 70.9 Å². The number of benzene rings is 2. The average molecular weight is 318 g/mol. The predicted molar refractivity (Wildman–Crippen MR) is 100 cm³/mol. The lowest BCUT2D eigenvalue weighted by molar-refractivity contribution is 1.10. The second-order valence-corrected chi connectivity index (χ2v) is 6.10. The predicted octanol–water partition coefficient (Wildman–Crippen LogP) is 5.20. The van der Waals surface area contributed by atoms with E-state index in [4.69, 9.17) is 0 Å². The number of aryl methyl sites for hydroxylation is 4. The molecule has 0 radical (unpaired) electrons. The molecule has 4 heteroatoms. The zero-order valence-corrected chi connectivity index (χ0v) is 14.5. The van der Waals surface area contributed by atoms with Crippen molar-refractivity contribution in [2.75, 3.05) is 10.6 Å². The summed E-state index contributed by atoms with van der Waals surface area (Å²) in [6, 6.07) is 16.4. The molecule has 0 fully saturated rings. The van der Waals surface area contributed by atoms with E-state index < -0.39 is 0 Å². The van der Waals surface area contributed by atoms with E-state index in [2.05, 4.69) is 65.6 Å². The second-order valence-electron chi connectivity index (χ2n) is 6.10. The van der Waals surface area contributed by atoms with E-state index in [1.54, 1.807) is 0 Å². The topological polar surface area (TPSA) is 49.8 Å². The van der Waals surface area contributed by atoms with Crippen LogP contribution in [0.15, 0.2) is 48.5 Å². The number of nitrogens with zero attached hydrogens (tertiary/aromatic N) is 2. The van der Waals surface area contributed by atoms with Crippen LogP contribution in [0.4, 0.5) is 23.1 Å². The van der Waals surface area contributed by atoms with Gasteiger partial charge in [-0.3, -0.25) is 0 Å². The number of para-hydroxylation sites is 1. The minimum Gasteiger partial charge on any atom is -0.340 e. The van der Waals surface area contributed by atoms with Gasteiger partial charge in [-0.1, -0.05) is 30.3 Å². The highest BCUT2D eigenvalue weighted by molar-refractivity contribution is 5.64. The van der Waals surface area contributed by atoms with Crippen LogP contribution in [0.2, 0.25) is 0 Å². The Morgan fingerprint density at radius 3 is 2.25 bits per heavy atom. The first-order chi connectivity index (χ1) is 11.5. The highest BCUT2D eigenvalue weighted by Gasteiger charge is 2.06. The summed E-state index contributed by atoms with van der Waals surface area (Å²) in [5.41, 5.74) is 6.55. The van der Waals surface area contributed by atoms with E-state index in [9.17, 15) is 0 Å². The third-order valence-electron chi connectivity index (χ3n) is 3.90. The van der Waals surface area contributed by atoms with Gasteiger partial charge < -0.3 is 10.6 Å². The van der Waals surface area contributed by atoms with E-state index in [1.807, 2.05) is 31.2 Å². The third-order valence-corrected chi connectivity index (χ3v) is 3.90. The number of nitrogens with one attached hydrogen (secondary N) is 2. The van der Waals surface area contributed by atoms with Crippen molar-refractivity contribution < 1.29 is 0 Å². The molecule has 4 nitrogen and oxygen atoms in total. The standard InChI is InChI=1S/C20H22N4/c1-13-9-10-15(3)18(11-13)22-19-12-16(4)21-20(24-19)23-17-8-6-5-7-14(17)2/h5-12H,1-4H3,(H2,21,22,23,24). The van der Waals surface area contributed by atoms with Crippen molar-refractivity contribution in [2.24, 2.45) is 0 Å². The molecular weight excluding hydrogens is 296 g/mol. The maximum absolute atomic E-state index is 4.60. The van der Waals surface area contributed by atoms with Gasteiger partial charge in [-0.25, -0.2) is 4.98 Å². The molecule has 0 aliphatic carbocycles. The lowest BCUT2D eigenvalue weighted by Gasteiger charge is -2.13. The molecule has 0 aliphatic heterocycles. The molecule has 2 N–H and O–H groups in total. The molecule has 24 heavy (non-hydrogen) atoms. The fourth-order valence-electron chi connectivity index (χ4n) is 2.53. The molecule has 0 saturated carbocycles. The minimum absolute atomic E-state index is 0.595. The van der Waals surface area contributed by atoms with E-state index in [0.29, 0.717) is 5.95 Å². The van der Waals surface area contributed by atoms with Crippen molar-refractivity contribution in [3.63, 3.8) is 0 Å². The maximum Gasteiger partial charge on any atom is 0.229 e. The second kappa shape index (κ2) is 6.71. The van der Waals surface area contributed by atoms with Crippen LogP contribution < -0.4 is 10.6 Å². The summed E-state index contributed by atoms with van der Waals surface area (Å²) < 4.78 is 0. The smallest absolute Gasteiger partial charge is 0.229 e. The Morgan fingerprint density at radius 1 is 0.708 bits per heavy atom. The summed E-state index contributed by atoms with van der Waals surface area (Å²) in [5.74, 6) is 1.38. The highest BCUT2D eigenvalue weighted by atomic mass is 15.1. The molecule has 0 spiro atoms. The van der Waals surface area contributed by atoms with Crippen LogP contribution in [0.1, 0.15) is 22.4 Å². The Labute approximate surface area is 143 Å². The molecule has 0 bridgehead atoms. The van der Waals surface area contributed by atoms with Crippen molar-refractivity contribution >= 4 is 23.1 Å². The van der Waals surface area contributed by atoms with Crippen molar-refractivity contribution in [3.8, 4) is 0 Å². The Hall–Kier alpha value is -2.88. The molecule has 3 aromatic rings. The Kier molecular flexibility index (Phi) is 4.47. The van der Waals surface area contributed by atoms with Crippen LogP contribution >= 0.6 is 0 Å². The molecule has 1 aromatic heterocycles. The van der Waals surface area contributed by atoms with Crippen LogP contribution in [-0.2, 0) is 0 Å². The summed E-state index contributed by atoms with van der Waals surface area (Å²) in [5, 5.41) is 6.71. The van der Waals surface area contributed by atoms with Gasteiger partial charge in [0, 0.05) is 23.1 Å². The normalized spacial score (nSPS) is 10.5. The Bertz CT molecular complexity index is 871. The largest absolute Gasteiger partial charge is 0.340 e. The number of aromatic nitrogens is 2. The van der Waals surface area contributed by atoms with Gasteiger partial charge in [0.15, 0.2) is 0 Å². The molecule has 2 aromatic carbocycles. The van der Waals surface area contributed by atoms with Crippen LogP contribution in [0.3, 0.4) is 0 Å². The van der Waals surface area contributed by atoms with Gasteiger partial charge >= 0.3 is 0 Å². The number of rotatable bonds is 4. The fraction of sp³-hybridized carbons (Fsp3) is 0.200. The first-order valence-corrected chi connectivity index (χ1v) is 8.04. The van der Waals surface area contributed by atoms with Crippen LogP contribution in [0.25, 0.3) is 0 Å². The SMILES string of the molecule is Cc1ccc(C)c(Nc2cc(C)nc(Nc3ccccc3C)n2)c1. The number of anilines is 4. The summed E-state index contributed by atoms with van der Waals surface area (Å²) in [4.78, 5) is 9.09. The molecule has 0 atom stereocenters. The van der Waals surface area contributed by atoms with Gasteiger partial charge in [0.25, 0.3) is 0 Å². The zero-order chi connectivity index (χ0) is 17.1. The number of hydrogen-bond donors (Lipinski definition) is 2. The quantitative estimate of drug-likeness (QED) is 0.694. The zero-order valence-electron chi connectivity index (χ0n) is 14.5. The van der Waals surface area contributed by atoms with Gasteiger partial charge in [0.05, 0.1) is 0 Å². The molecule has 0 unspecified atom stereocenters. The van der Waals surface area contributed by atoms with Crippen LogP contribution in [0, 0.1) is 27.7 Å². The van der Waals surface area contributed by atoms with Gasteiger partial charge in [-0.15, -0.1) is 0 Å². The van der Waals surface area contributed by atoms with Gasteiger partial charge in [-0.2, -0.15) is 4.98 Å². The van der Waals surface area contributed by atoms with Crippen molar-refractivity contribution in [2.45, 2.75) is 27.7 Å². The molecule has 3 rings (SSSR count). The molecule has 1 heterocycles. The van der Waals surface area contributed by atoms with E-state index in [0.717, 1.165) is 28.5 Å². The highest BCUT2D eigenvalue weighted by Crippen LogP contribution is 2.23. The molecule has 0 amide bonds. The average Bonchev–Trinajstić information content (AvgIpc) is 2.53. The molecular formula is C20H22N4. The monoisotopic (exact) mass is 318 g/mol. The Morgan fingerprint density at radius 2 is 1.46 bits per heavy atom. The third kappa shape index (κ3) is 3.71. The van der Waals surface area contributed by atoms with Gasteiger partial charge in [0.2, 0.25) is 5.95 Å². The van der Waals surface area contributed by atoms with E-state index >= 15 is 0 Å². The van der Waals surface area contributed by atoms with Crippen molar-refractivity contribution in [1.82, 2.24) is 9.97 Å². The maximum atomic E-state index is 4.60. The molecule has 0 saturated heterocycles. The lowest BCUT2D eigenvalue weighted by Crippen LogP contribution is -2.03. The summed E-state index contributed by atoms with van der Waals surface area (Å²) in [6.45, 7) is 8.20. The van der Waals surface area contributed by atoms with Gasteiger partial charge in [-0.05, 0) is 56.5 Å². The van der Waals surface area contributed by atoms with Gasteiger partial charge in [0.1, 0.15) is 5.82 Å². The Balaban J connectivity index is 1.89. The van der Waals surface area contributed by atoms with Crippen molar-refractivity contribution in [1.29, 1.82) is 0 Å². The minimum atomic E-state index is 0.595. The van der Waals surface area contributed by atoms with Crippen LogP contribution in [-0.4, -0.2) is 9.97 Å². The molecule has 0 aliphatic rings. The van der Waals surface area contributed by atoms with E-state index in [-0.39, 0.29) is 0 Å². The first-order valence-electron chi connectivity index (χ1n) is 8.04. The summed E-state index contributed by atoms with van der Waals surface area (Å²) in [6.07, 6.45) is 0. The van der Waals surface area contributed by atoms with Crippen LogP contribution in [0.5, 0.6) is 0 Å². The molecule has 122 valence electrons. The lowest BCUT2D eigenvalue weighted by atomic mass is 10.1. The van der Waals surface area contributed by atoms with E-state index in [1.165, 1.54) is 11.1 Å². The summed E-state index contributed by atoms with van der Waals surface area (Å²) >= 11 is 0. The first kappa shape index (κ1) is 16.0.